The van der Waals surface area contributed by atoms with Crippen molar-refractivity contribution in [2.24, 2.45) is 10.3 Å². The normalized spacial score (nSPS) is 14.4. The first-order chi connectivity index (χ1) is 17.8. The van der Waals surface area contributed by atoms with Crippen LogP contribution in [0, 0.1) is 29.0 Å². The molecule has 8 nitrogen and oxygen atoms in total. The number of nitrogens with zero attached hydrogens (tertiary/aromatic N) is 3. The molecule has 0 saturated carbocycles. The minimum atomic E-state index is -4.95. The quantitative estimate of drug-likeness (QED) is 0.0832. The summed E-state index contributed by atoms with van der Waals surface area (Å²) in [6.45, 7) is -1.06. The van der Waals surface area contributed by atoms with Crippen molar-refractivity contribution in [3.63, 3.8) is 0 Å². The van der Waals surface area contributed by atoms with Gasteiger partial charge < -0.3 is 19.9 Å². The summed E-state index contributed by atoms with van der Waals surface area (Å²) in [6.07, 6.45) is -6.24. The molecule has 0 bridgehead atoms. The van der Waals surface area contributed by atoms with Crippen LogP contribution in [0.5, 0.6) is 0 Å². The van der Waals surface area contributed by atoms with Crippen molar-refractivity contribution in [3.8, 4) is 11.8 Å². The summed E-state index contributed by atoms with van der Waals surface area (Å²) in [6, 6.07) is 5.37. The molecule has 2 heterocycles. The predicted octanol–water partition coefficient (Wildman–Crippen LogP) is 4.49. The highest BCUT2D eigenvalue weighted by atomic mass is 19.4. The number of pyridine rings is 1. The summed E-state index contributed by atoms with van der Waals surface area (Å²) in [4.78, 5) is 3.57. The topological polar surface area (TPSA) is 127 Å². The zero-order valence-corrected chi connectivity index (χ0v) is 18.8. The lowest BCUT2D eigenvalue weighted by molar-refractivity contribution is -0.211. The van der Waals surface area contributed by atoms with Crippen LogP contribution in [0.2, 0.25) is 0 Å². The number of benzene rings is 1. The van der Waals surface area contributed by atoms with Crippen molar-refractivity contribution in [3.05, 3.63) is 88.6 Å². The Balaban J connectivity index is 1.91. The van der Waals surface area contributed by atoms with E-state index >= 15 is 8.78 Å². The maximum Gasteiger partial charge on any atom is 0.421 e. The van der Waals surface area contributed by atoms with Gasteiger partial charge in [-0.15, -0.1) is 5.10 Å². The number of alkyl halides is 5. The van der Waals surface area contributed by atoms with Crippen LogP contribution in [0.1, 0.15) is 34.4 Å². The second-order valence-electron chi connectivity index (χ2n) is 7.61. The zero-order valence-electron chi connectivity index (χ0n) is 18.8. The zero-order chi connectivity index (χ0) is 28.1. The van der Waals surface area contributed by atoms with Crippen LogP contribution in [0.4, 0.5) is 30.7 Å². The number of aromatic nitrogens is 1. The van der Waals surface area contributed by atoms with E-state index in [-0.39, 0.29) is 11.3 Å². The van der Waals surface area contributed by atoms with E-state index in [0.717, 1.165) is 30.5 Å². The molecule has 0 fully saturated rings. The number of halogens is 7. The summed E-state index contributed by atoms with van der Waals surface area (Å²) in [5.41, 5.74) is 1.24. The van der Waals surface area contributed by atoms with Crippen molar-refractivity contribution in [2.45, 2.75) is 23.8 Å². The molecule has 15 heteroatoms. The number of hydrogen-bond donors (Lipinski definition) is 4. The Kier molecular flexibility index (Phi) is 8.18. The lowest BCUT2D eigenvalue weighted by Gasteiger charge is -2.36. The first kappa shape index (κ1) is 28.3. The van der Waals surface area contributed by atoms with Crippen molar-refractivity contribution >= 4 is 6.34 Å². The summed E-state index contributed by atoms with van der Waals surface area (Å²) in [5.74, 6) is -3.10. The third-order valence-corrected chi connectivity index (χ3v) is 5.08. The van der Waals surface area contributed by atoms with Crippen molar-refractivity contribution in [1.29, 1.82) is 5.53 Å². The van der Waals surface area contributed by atoms with E-state index in [2.05, 4.69) is 32.5 Å². The lowest BCUT2D eigenvalue weighted by atomic mass is 9.84. The SMILES string of the molecule is N=N/N=C\NCC(O)(c1ccc(F)cc1F)C(F)(F)c1ccc(C#Cc2ccc(C(O)C(F)(F)F)o2)cn1. The Labute approximate surface area is 209 Å². The Hall–Kier alpha value is -4.29. The van der Waals surface area contributed by atoms with Crippen LogP contribution < -0.4 is 5.32 Å². The van der Waals surface area contributed by atoms with Gasteiger partial charge in [-0.25, -0.2) is 8.78 Å². The maximum absolute atomic E-state index is 15.6. The highest BCUT2D eigenvalue weighted by Gasteiger charge is 2.57. The molecule has 0 radical (unpaired) electrons. The monoisotopic (exact) mass is 543 g/mol. The minimum Gasteiger partial charge on any atom is -0.450 e. The highest BCUT2D eigenvalue weighted by molar-refractivity contribution is 5.54. The molecule has 200 valence electrons. The first-order valence-corrected chi connectivity index (χ1v) is 10.3. The Morgan fingerprint density at radius 3 is 2.42 bits per heavy atom. The van der Waals surface area contributed by atoms with Crippen LogP contribution in [0.25, 0.3) is 0 Å². The Morgan fingerprint density at radius 2 is 1.82 bits per heavy atom. The molecule has 2 atom stereocenters. The molecule has 0 aliphatic heterocycles. The molecule has 0 aliphatic rings. The second-order valence-corrected chi connectivity index (χ2v) is 7.61. The van der Waals surface area contributed by atoms with E-state index in [9.17, 15) is 32.2 Å². The van der Waals surface area contributed by atoms with E-state index in [0.29, 0.717) is 24.5 Å². The largest absolute Gasteiger partial charge is 0.450 e. The third kappa shape index (κ3) is 5.98. The molecule has 2 unspecified atom stereocenters. The first-order valence-electron chi connectivity index (χ1n) is 10.3. The predicted molar refractivity (Wildman–Crippen MR) is 116 cm³/mol. The van der Waals surface area contributed by atoms with E-state index in [1.807, 2.05) is 0 Å². The molecule has 3 rings (SSSR count). The van der Waals surface area contributed by atoms with Crippen molar-refractivity contribution in [2.75, 3.05) is 6.54 Å². The fraction of sp³-hybridized carbons (Fsp3) is 0.217. The van der Waals surface area contributed by atoms with E-state index < -0.39 is 59.0 Å². The Bertz CT molecular complexity index is 1380. The van der Waals surface area contributed by atoms with Crippen molar-refractivity contribution in [1.82, 2.24) is 10.3 Å². The molecule has 0 amide bonds. The lowest BCUT2D eigenvalue weighted by Crippen LogP contribution is -2.51. The average Bonchev–Trinajstić information content (AvgIpc) is 3.33. The van der Waals surface area contributed by atoms with E-state index in [1.54, 1.807) is 0 Å². The summed E-state index contributed by atoms with van der Waals surface area (Å²) < 4.78 is 101. The van der Waals surface area contributed by atoms with Crippen LogP contribution in [-0.2, 0) is 11.5 Å². The maximum atomic E-state index is 15.6. The van der Waals surface area contributed by atoms with Crippen LogP contribution in [0.3, 0.4) is 0 Å². The van der Waals surface area contributed by atoms with E-state index in [4.69, 9.17) is 9.95 Å². The molecule has 38 heavy (non-hydrogen) atoms. The van der Waals surface area contributed by atoms with E-state index in [1.165, 1.54) is 0 Å². The van der Waals surface area contributed by atoms with Gasteiger partial charge in [-0.3, -0.25) is 4.98 Å². The molecule has 0 spiro atoms. The van der Waals surface area contributed by atoms with Crippen molar-refractivity contribution < 1.29 is 45.4 Å². The average molecular weight is 543 g/mol. The number of aliphatic hydroxyl groups excluding tert-OH is 1. The minimum absolute atomic E-state index is 0.0117. The number of rotatable bonds is 8. The van der Waals surface area contributed by atoms with Gasteiger partial charge in [0.2, 0.25) is 6.10 Å². The summed E-state index contributed by atoms with van der Waals surface area (Å²) in [5, 5.41) is 28.0. The van der Waals surface area contributed by atoms with Gasteiger partial charge in [0.25, 0.3) is 0 Å². The van der Waals surface area contributed by atoms with Gasteiger partial charge in [-0.05, 0) is 42.3 Å². The molecule has 2 aromatic heterocycles. The summed E-state index contributed by atoms with van der Waals surface area (Å²) in [7, 11) is 0. The van der Waals surface area contributed by atoms with Gasteiger partial charge in [0.15, 0.2) is 11.4 Å². The third-order valence-electron chi connectivity index (χ3n) is 5.08. The molecule has 0 aliphatic carbocycles. The summed E-state index contributed by atoms with van der Waals surface area (Å²) >= 11 is 0. The molecular formula is C23H16F7N5O3. The molecule has 4 N–H and O–H groups in total. The van der Waals surface area contributed by atoms with Crippen LogP contribution in [0.15, 0.2) is 63.4 Å². The fourth-order valence-corrected chi connectivity index (χ4v) is 3.19. The standard InChI is InChI=1S/C23H16F7N5O3/c24-14-3-6-16(17(25)9-14)21(37,11-32-12-34-35-31)22(26,27)19-8-2-13(10-33-19)1-4-15-5-7-18(38-15)20(36)23(28,29)30/h2-3,5-10,12,20,36-37H,11H2,(H2,31,32,34). The molecule has 3 aromatic rings. The Morgan fingerprint density at radius 1 is 1.08 bits per heavy atom. The highest BCUT2D eigenvalue weighted by Crippen LogP contribution is 2.45. The number of furan rings is 1. The number of nitrogens with one attached hydrogen (secondary N) is 2. The molecular weight excluding hydrogens is 527 g/mol. The number of aliphatic hydroxyl groups is 2. The van der Waals surface area contributed by atoms with Crippen LogP contribution >= 0.6 is 0 Å². The van der Waals surface area contributed by atoms with Gasteiger partial charge in [0, 0.05) is 23.4 Å². The smallest absolute Gasteiger partial charge is 0.421 e. The second kappa shape index (κ2) is 11.0. The van der Waals surface area contributed by atoms with Gasteiger partial charge in [0.05, 0.1) is 6.54 Å². The van der Waals surface area contributed by atoms with Gasteiger partial charge in [0.1, 0.15) is 29.4 Å². The van der Waals surface area contributed by atoms with Gasteiger partial charge in [-0.2, -0.15) is 27.5 Å². The van der Waals surface area contributed by atoms with Gasteiger partial charge in [-0.1, -0.05) is 11.1 Å². The number of hydrogen-bond acceptors (Lipinski definition) is 6. The van der Waals surface area contributed by atoms with Gasteiger partial charge >= 0.3 is 12.1 Å². The molecule has 1 aromatic carbocycles. The molecule has 0 saturated heterocycles. The van der Waals surface area contributed by atoms with Crippen LogP contribution in [-0.4, -0.2) is 34.3 Å². The fourth-order valence-electron chi connectivity index (χ4n) is 3.19.